The highest BCUT2D eigenvalue weighted by Gasteiger charge is 2.38. The average molecular weight is 426 g/mol. The summed E-state index contributed by atoms with van der Waals surface area (Å²) in [5, 5.41) is 16.7. The fourth-order valence-corrected chi connectivity index (χ4v) is 3.72. The molecule has 0 aliphatic carbocycles. The third kappa shape index (κ3) is 4.62. The lowest BCUT2D eigenvalue weighted by molar-refractivity contribution is -0.192. The Morgan fingerprint density at radius 2 is 2.07 bits per heavy atom. The molecule has 0 spiro atoms. The number of halogens is 3. The van der Waals surface area contributed by atoms with Crippen molar-refractivity contribution in [3.8, 4) is 22.2 Å². The maximum absolute atomic E-state index is 10.6. The highest BCUT2D eigenvalue weighted by molar-refractivity contribution is 7.13. The number of hydrogen-bond donors (Lipinski definition) is 2. The van der Waals surface area contributed by atoms with Crippen LogP contribution in [0.25, 0.3) is 22.2 Å². The Balaban J connectivity index is 0.000000298. The van der Waals surface area contributed by atoms with Gasteiger partial charge < -0.3 is 14.9 Å². The predicted molar refractivity (Wildman–Crippen MR) is 99.4 cm³/mol. The zero-order valence-electron chi connectivity index (χ0n) is 15.5. The second kappa shape index (κ2) is 8.29. The summed E-state index contributed by atoms with van der Waals surface area (Å²) in [4.78, 5) is 19.1. The minimum Gasteiger partial charge on any atom is -0.475 e. The van der Waals surface area contributed by atoms with E-state index < -0.39 is 12.1 Å². The molecule has 154 valence electrons. The van der Waals surface area contributed by atoms with Crippen molar-refractivity contribution in [1.82, 2.24) is 20.4 Å². The summed E-state index contributed by atoms with van der Waals surface area (Å²) >= 11 is 1.62. The number of alkyl halides is 3. The molecule has 0 aromatic carbocycles. The molecule has 0 atom stereocenters. The number of pyridine rings is 1. The summed E-state index contributed by atoms with van der Waals surface area (Å²) in [7, 11) is 0. The van der Waals surface area contributed by atoms with Crippen molar-refractivity contribution in [2.24, 2.45) is 0 Å². The first-order valence-corrected chi connectivity index (χ1v) is 9.43. The van der Waals surface area contributed by atoms with Crippen molar-refractivity contribution >= 4 is 17.3 Å². The monoisotopic (exact) mass is 426 g/mol. The first kappa shape index (κ1) is 20.9. The van der Waals surface area contributed by atoms with Gasteiger partial charge in [0.1, 0.15) is 0 Å². The zero-order valence-corrected chi connectivity index (χ0v) is 16.3. The Morgan fingerprint density at radius 3 is 2.69 bits per heavy atom. The van der Waals surface area contributed by atoms with E-state index in [1.165, 1.54) is 11.1 Å². The van der Waals surface area contributed by atoms with Crippen LogP contribution >= 0.6 is 11.3 Å². The molecule has 2 N–H and O–H groups in total. The summed E-state index contributed by atoms with van der Waals surface area (Å²) in [6.07, 6.45) is -2.17. The van der Waals surface area contributed by atoms with E-state index >= 15 is 0 Å². The molecule has 0 unspecified atom stereocenters. The van der Waals surface area contributed by atoms with E-state index in [1.807, 2.05) is 18.5 Å². The van der Waals surface area contributed by atoms with E-state index in [0.29, 0.717) is 11.7 Å². The van der Waals surface area contributed by atoms with Gasteiger partial charge in [0.25, 0.3) is 5.89 Å². The van der Waals surface area contributed by atoms with E-state index in [2.05, 4.69) is 33.4 Å². The normalized spacial score (nSPS) is 13.4. The smallest absolute Gasteiger partial charge is 0.475 e. The van der Waals surface area contributed by atoms with Gasteiger partial charge in [-0.05, 0) is 54.9 Å². The molecule has 0 amide bonds. The molecule has 0 radical (unpaired) electrons. The van der Waals surface area contributed by atoms with Crippen molar-refractivity contribution in [2.75, 3.05) is 6.54 Å². The van der Waals surface area contributed by atoms with E-state index in [9.17, 15) is 13.2 Å². The SMILES string of the molecule is Cc1ccsc1-c1nc(-c2c(C)ncc3c2CCNC3)no1.O=C(O)C(F)(F)F. The number of nitrogens with one attached hydrogen (secondary N) is 1. The number of nitrogens with zero attached hydrogens (tertiary/aromatic N) is 3. The Kier molecular flexibility index (Phi) is 5.99. The minimum absolute atomic E-state index is 0.591. The number of rotatable bonds is 2. The quantitative estimate of drug-likeness (QED) is 0.643. The predicted octanol–water partition coefficient (Wildman–Crippen LogP) is 3.76. The maximum Gasteiger partial charge on any atom is 0.490 e. The van der Waals surface area contributed by atoms with Gasteiger partial charge in [0, 0.05) is 24.0 Å². The first-order chi connectivity index (χ1) is 13.7. The Hall–Kier alpha value is -2.79. The first-order valence-electron chi connectivity index (χ1n) is 8.55. The van der Waals surface area contributed by atoms with Crippen molar-refractivity contribution < 1.29 is 27.6 Å². The number of carbonyl (C=O) groups is 1. The van der Waals surface area contributed by atoms with Crippen LogP contribution in [0.4, 0.5) is 13.2 Å². The summed E-state index contributed by atoms with van der Waals surface area (Å²) in [5.41, 5.74) is 5.67. The van der Waals surface area contributed by atoms with Crippen LogP contribution in [0.15, 0.2) is 22.2 Å². The van der Waals surface area contributed by atoms with Crippen LogP contribution in [0.3, 0.4) is 0 Å². The molecule has 4 heterocycles. The molecule has 29 heavy (non-hydrogen) atoms. The topological polar surface area (TPSA) is 101 Å². The van der Waals surface area contributed by atoms with Gasteiger partial charge in [0.15, 0.2) is 0 Å². The van der Waals surface area contributed by atoms with Crippen LogP contribution in [-0.2, 0) is 17.8 Å². The average Bonchev–Trinajstić information content (AvgIpc) is 3.30. The van der Waals surface area contributed by atoms with E-state index in [0.717, 1.165) is 41.2 Å². The van der Waals surface area contributed by atoms with Gasteiger partial charge in [-0.2, -0.15) is 18.2 Å². The molecule has 0 saturated carbocycles. The molecule has 3 aromatic rings. The highest BCUT2D eigenvalue weighted by Crippen LogP contribution is 2.32. The number of fused-ring (bicyclic) bond motifs is 1. The molecule has 3 aromatic heterocycles. The fraction of sp³-hybridized carbons (Fsp3) is 0.333. The highest BCUT2D eigenvalue weighted by atomic mass is 32.1. The number of hydrogen-bond acceptors (Lipinski definition) is 7. The van der Waals surface area contributed by atoms with Crippen molar-refractivity contribution in [1.29, 1.82) is 0 Å². The summed E-state index contributed by atoms with van der Waals surface area (Å²) in [6, 6.07) is 2.06. The van der Waals surface area contributed by atoms with Gasteiger partial charge in [-0.1, -0.05) is 5.16 Å². The molecule has 11 heteroatoms. The molecular formula is C18H17F3N4O3S. The lowest BCUT2D eigenvalue weighted by Gasteiger charge is -2.19. The Morgan fingerprint density at radius 1 is 1.34 bits per heavy atom. The van der Waals surface area contributed by atoms with Crippen LogP contribution in [0.5, 0.6) is 0 Å². The number of carboxylic acids is 1. The van der Waals surface area contributed by atoms with Crippen molar-refractivity contribution in [3.05, 3.63) is 40.0 Å². The molecule has 0 saturated heterocycles. The molecule has 4 rings (SSSR count). The fourth-order valence-electron chi connectivity index (χ4n) is 2.88. The van der Waals surface area contributed by atoms with Crippen LogP contribution in [-0.4, -0.2) is 38.9 Å². The van der Waals surface area contributed by atoms with Crippen molar-refractivity contribution in [3.63, 3.8) is 0 Å². The minimum atomic E-state index is -5.08. The second-order valence-corrected chi connectivity index (χ2v) is 7.22. The number of thiophene rings is 1. The molecule has 1 aliphatic rings. The van der Waals surface area contributed by atoms with Gasteiger partial charge >= 0.3 is 12.1 Å². The number of aryl methyl sites for hydroxylation is 2. The third-order valence-electron chi connectivity index (χ3n) is 4.28. The van der Waals surface area contributed by atoms with Crippen LogP contribution in [0.1, 0.15) is 22.4 Å². The zero-order chi connectivity index (χ0) is 21.2. The number of aromatic nitrogens is 3. The molecule has 7 nitrogen and oxygen atoms in total. The van der Waals surface area contributed by atoms with Crippen LogP contribution < -0.4 is 5.32 Å². The second-order valence-electron chi connectivity index (χ2n) is 6.31. The third-order valence-corrected chi connectivity index (χ3v) is 5.29. The summed E-state index contributed by atoms with van der Waals surface area (Å²) in [6.45, 7) is 5.88. The summed E-state index contributed by atoms with van der Waals surface area (Å²) < 4.78 is 37.2. The van der Waals surface area contributed by atoms with Gasteiger partial charge in [0.05, 0.1) is 4.88 Å². The molecule has 1 aliphatic heterocycles. The van der Waals surface area contributed by atoms with Gasteiger partial charge in [-0.15, -0.1) is 11.3 Å². The number of carboxylic acid groups (broad SMARTS) is 1. The van der Waals surface area contributed by atoms with Gasteiger partial charge in [-0.3, -0.25) is 4.98 Å². The number of aliphatic carboxylic acids is 1. The lowest BCUT2D eigenvalue weighted by Crippen LogP contribution is -2.24. The maximum atomic E-state index is 10.6. The van der Waals surface area contributed by atoms with Crippen LogP contribution in [0.2, 0.25) is 0 Å². The standard InChI is InChI=1S/C16H16N4OS.C2HF3O2/c1-9-4-6-22-14(9)16-19-15(20-21-16)13-10(2)18-8-11-7-17-5-3-12(11)13;3-2(4,5)1(6)7/h4,6,8,17H,3,5,7H2,1-2H3;(H,6,7). The molecule has 0 fully saturated rings. The molecular weight excluding hydrogens is 409 g/mol. The Bertz CT molecular complexity index is 1030. The van der Waals surface area contributed by atoms with E-state index in [-0.39, 0.29) is 0 Å². The van der Waals surface area contributed by atoms with Gasteiger partial charge in [-0.25, -0.2) is 4.79 Å². The summed E-state index contributed by atoms with van der Waals surface area (Å²) in [5.74, 6) is -1.52. The van der Waals surface area contributed by atoms with Crippen LogP contribution in [0, 0.1) is 13.8 Å². The lowest BCUT2D eigenvalue weighted by atomic mass is 9.95. The largest absolute Gasteiger partial charge is 0.490 e. The Labute approximate surface area is 167 Å². The molecule has 0 bridgehead atoms. The van der Waals surface area contributed by atoms with Crippen molar-refractivity contribution in [2.45, 2.75) is 33.0 Å². The van der Waals surface area contributed by atoms with E-state index in [1.54, 1.807) is 11.3 Å². The van der Waals surface area contributed by atoms with Gasteiger partial charge in [0.2, 0.25) is 5.82 Å². The van der Waals surface area contributed by atoms with E-state index in [4.69, 9.17) is 14.4 Å².